The Balaban J connectivity index is 1.54. The number of piperazine rings is 1. The normalized spacial score (nSPS) is 23.0. The molecular weight excluding hydrogens is 498 g/mol. The molecule has 2 heterocycles. The molecule has 2 aliphatic heterocycles. The van der Waals surface area contributed by atoms with E-state index >= 15 is 0 Å². The highest BCUT2D eigenvalue weighted by Crippen LogP contribution is 2.50. The van der Waals surface area contributed by atoms with Gasteiger partial charge in [-0.3, -0.25) is 0 Å². The molecule has 2 saturated heterocycles. The summed E-state index contributed by atoms with van der Waals surface area (Å²) in [5.41, 5.74) is 4.98. The minimum atomic E-state index is -3.83. The topological polar surface area (TPSA) is 99.7 Å². The molecule has 2 unspecified atom stereocenters. The Hall–Kier alpha value is -1.58. The monoisotopic (exact) mass is 516 g/mol. The van der Waals surface area contributed by atoms with Crippen LogP contribution >= 0.6 is 35.1 Å². The average molecular weight is 517 g/mol. The van der Waals surface area contributed by atoms with Gasteiger partial charge in [-0.05, 0) is 30.3 Å². The minimum Gasteiger partial charge on any atom is -0.491 e. The van der Waals surface area contributed by atoms with Crippen LogP contribution in [0.4, 0.5) is 4.39 Å². The first-order valence-corrected chi connectivity index (χ1v) is 12.8. The van der Waals surface area contributed by atoms with E-state index < -0.39 is 21.4 Å². The lowest BCUT2D eigenvalue weighted by Crippen LogP contribution is -2.88. The smallest absolute Gasteiger partial charge is 0.244 e. The Bertz CT molecular complexity index is 1190. The van der Waals surface area contributed by atoms with Crippen LogP contribution in [0.25, 0.3) is 0 Å². The predicted molar refractivity (Wildman–Crippen MR) is 122 cm³/mol. The first-order valence-electron chi connectivity index (χ1n) is 9.63. The maximum absolute atomic E-state index is 13.9. The average Bonchev–Trinajstić information content (AvgIpc) is 2.73. The number of benzene rings is 2. The zero-order valence-corrected chi connectivity index (χ0v) is 19.8. The first kappa shape index (κ1) is 23.6. The van der Waals surface area contributed by atoms with Crippen molar-refractivity contribution < 1.29 is 17.5 Å². The number of hydrogen-bond acceptors (Lipinski definition) is 7. The third kappa shape index (κ3) is 3.96. The van der Waals surface area contributed by atoms with Gasteiger partial charge in [0.1, 0.15) is 29.1 Å². The molecular formula is C20H19Cl2FN4O3S2. The van der Waals surface area contributed by atoms with Gasteiger partial charge in [0, 0.05) is 36.5 Å². The highest BCUT2D eigenvalue weighted by Gasteiger charge is 2.68. The minimum absolute atomic E-state index is 0.000287. The summed E-state index contributed by atoms with van der Waals surface area (Å²) in [5.74, 6) is 0.278. The van der Waals surface area contributed by atoms with Crippen molar-refractivity contribution in [3.63, 3.8) is 0 Å². The third-order valence-corrected chi connectivity index (χ3v) is 9.44. The quantitative estimate of drug-likeness (QED) is 0.538. The van der Waals surface area contributed by atoms with Gasteiger partial charge < -0.3 is 10.5 Å². The summed E-state index contributed by atoms with van der Waals surface area (Å²) in [4.78, 5) is 0.000287. The van der Waals surface area contributed by atoms with Gasteiger partial charge in [0.05, 0.1) is 22.2 Å². The van der Waals surface area contributed by atoms with Crippen molar-refractivity contribution in [2.45, 2.75) is 16.5 Å². The fraction of sp³-hybridized carbons (Fsp3) is 0.350. The number of fused-ring (bicyclic) bond motifs is 1. The summed E-state index contributed by atoms with van der Waals surface area (Å²) in [7, 11) is -3.83. The predicted octanol–water partition coefficient (Wildman–Crippen LogP) is 3.12. The van der Waals surface area contributed by atoms with Gasteiger partial charge in [0.2, 0.25) is 10.0 Å². The Morgan fingerprint density at radius 2 is 2.09 bits per heavy atom. The highest BCUT2D eigenvalue weighted by molar-refractivity contribution is 7.97. The molecule has 0 saturated carbocycles. The molecule has 2 aliphatic rings. The van der Waals surface area contributed by atoms with Gasteiger partial charge in [-0.25, -0.2) is 17.1 Å². The van der Waals surface area contributed by atoms with E-state index in [1.54, 1.807) is 6.07 Å². The van der Waals surface area contributed by atoms with Crippen LogP contribution in [0.2, 0.25) is 10.0 Å². The van der Waals surface area contributed by atoms with Crippen LogP contribution in [0, 0.1) is 17.1 Å². The number of hydrogen-bond donors (Lipinski definition) is 1. The van der Waals surface area contributed by atoms with Crippen LogP contribution in [0.1, 0.15) is 5.56 Å². The molecule has 0 radical (unpaired) electrons. The Morgan fingerprint density at radius 3 is 2.72 bits per heavy atom. The van der Waals surface area contributed by atoms with Crippen molar-refractivity contribution in [1.82, 2.24) is 8.61 Å². The van der Waals surface area contributed by atoms with E-state index in [0.717, 1.165) is 6.07 Å². The summed E-state index contributed by atoms with van der Waals surface area (Å²) in [5, 5.41) is 9.29. The second-order valence-corrected chi connectivity index (χ2v) is 11.3. The van der Waals surface area contributed by atoms with E-state index in [2.05, 4.69) is 4.31 Å². The largest absolute Gasteiger partial charge is 0.491 e. The van der Waals surface area contributed by atoms with Crippen molar-refractivity contribution >= 4 is 45.2 Å². The number of nitriles is 1. The molecule has 4 rings (SSSR count). The fourth-order valence-electron chi connectivity index (χ4n) is 3.88. The van der Waals surface area contributed by atoms with Gasteiger partial charge in [-0.1, -0.05) is 35.1 Å². The molecule has 0 bridgehead atoms. The summed E-state index contributed by atoms with van der Waals surface area (Å²) in [6, 6.07) is 9.74. The molecule has 0 spiro atoms. The molecule has 170 valence electrons. The molecule has 2 atom stereocenters. The van der Waals surface area contributed by atoms with Gasteiger partial charge >= 0.3 is 0 Å². The summed E-state index contributed by atoms with van der Waals surface area (Å²) in [6.45, 7) is 1.32. The SMILES string of the molecule is N#Cc1ccc(OCC23CN(S(=O)(=O)c4ccc(Cl)cc4Cl)C2CN3SCCN)cc1F. The van der Waals surface area contributed by atoms with Crippen LogP contribution < -0.4 is 10.5 Å². The third-order valence-electron chi connectivity index (χ3n) is 5.63. The Labute approximate surface area is 200 Å². The molecule has 0 amide bonds. The summed E-state index contributed by atoms with van der Waals surface area (Å²) < 4.78 is 49.7. The first-order chi connectivity index (χ1) is 15.2. The highest BCUT2D eigenvalue weighted by atomic mass is 35.5. The number of halogens is 3. The zero-order valence-electron chi connectivity index (χ0n) is 16.7. The number of sulfonamides is 1. The standard InChI is InChI=1S/C20H19Cl2FN4O3S2/c21-14-2-4-18(16(22)7-14)32(28,29)26-11-20(19(26)10-27(20)31-6-5-24)12-30-15-3-1-13(9-25)17(23)8-15/h1-4,7-8,19H,5-6,10-12,24H2. The Morgan fingerprint density at radius 1 is 1.31 bits per heavy atom. The molecule has 0 aromatic heterocycles. The van der Waals surface area contributed by atoms with Crippen LogP contribution in [0.3, 0.4) is 0 Å². The van der Waals surface area contributed by atoms with Crippen molar-refractivity contribution in [2.75, 3.05) is 32.0 Å². The number of rotatable bonds is 8. The van der Waals surface area contributed by atoms with E-state index in [1.165, 1.54) is 46.6 Å². The second-order valence-electron chi connectivity index (χ2n) is 7.47. The molecule has 2 aromatic carbocycles. The van der Waals surface area contributed by atoms with E-state index in [0.29, 0.717) is 23.9 Å². The van der Waals surface area contributed by atoms with Gasteiger partial charge in [-0.2, -0.15) is 9.57 Å². The lowest BCUT2D eigenvalue weighted by atomic mass is 9.75. The van der Waals surface area contributed by atoms with E-state index in [-0.39, 0.29) is 40.4 Å². The molecule has 7 nitrogen and oxygen atoms in total. The lowest BCUT2D eigenvalue weighted by molar-refractivity contribution is -0.130. The van der Waals surface area contributed by atoms with Crippen molar-refractivity contribution in [2.24, 2.45) is 5.73 Å². The molecule has 2 fully saturated rings. The van der Waals surface area contributed by atoms with E-state index in [1.807, 2.05) is 0 Å². The fourth-order valence-corrected chi connectivity index (χ4v) is 7.43. The molecule has 2 N–H and O–H groups in total. The van der Waals surface area contributed by atoms with Gasteiger partial charge in [0.15, 0.2) is 0 Å². The molecule has 12 heteroatoms. The van der Waals surface area contributed by atoms with Crippen molar-refractivity contribution in [3.05, 3.63) is 57.8 Å². The summed E-state index contributed by atoms with van der Waals surface area (Å²) in [6.07, 6.45) is 0. The van der Waals surface area contributed by atoms with Gasteiger partial charge in [0.25, 0.3) is 0 Å². The van der Waals surface area contributed by atoms with Crippen LogP contribution in [-0.4, -0.2) is 60.6 Å². The van der Waals surface area contributed by atoms with Crippen molar-refractivity contribution in [3.8, 4) is 11.8 Å². The molecule has 32 heavy (non-hydrogen) atoms. The van der Waals surface area contributed by atoms with E-state index in [4.69, 9.17) is 38.9 Å². The van der Waals surface area contributed by atoms with Crippen molar-refractivity contribution in [1.29, 1.82) is 5.26 Å². The Kier molecular flexibility index (Phi) is 6.62. The zero-order chi connectivity index (χ0) is 23.1. The van der Waals surface area contributed by atoms with Gasteiger partial charge in [-0.15, -0.1) is 0 Å². The lowest BCUT2D eigenvalue weighted by Gasteiger charge is -2.68. The summed E-state index contributed by atoms with van der Waals surface area (Å²) >= 11 is 13.6. The van der Waals surface area contributed by atoms with Crippen LogP contribution in [-0.2, 0) is 10.0 Å². The second kappa shape index (κ2) is 8.99. The van der Waals surface area contributed by atoms with Crippen LogP contribution in [0.15, 0.2) is 41.3 Å². The molecule has 0 aliphatic carbocycles. The maximum atomic E-state index is 13.9. The molecule has 2 aromatic rings. The number of nitrogens with zero attached hydrogens (tertiary/aromatic N) is 3. The maximum Gasteiger partial charge on any atom is 0.244 e. The van der Waals surface area contributed by atoms with E-state index in [9.17, 15) is 12.8 Å². The number of ether oxygens (including phenoxy) is 1. The van der Waals surface area contributed by atoms with Crippen LogP contribution in [0.5, 0.6) is 5.75 Å². The number of nitrogens with two attached hydrogens (primary N) is 1.